The lowest BCUT2D eigenvalue weighted by Crippen LogP contribution is -2.51. The Morgan fingerprint density at radius 3 is 2.55 bits per heavy atom. The Kier molecular flexibility index (Phi) is 6.54. The number of rotatable bonds is 8. The van der Waals surface area contributed by atoms with Crippen molar-refractivity contribution in [2.45, 2.75) is 32.4 Å². The second-order valence-corrected chi connectivity index (χ2v) is 7.88. The zero-order valence-corrected chi connectivity index (χ0v) is 17.9. The van der Waals surface area contributed by atoms with Crippen molar-refractivity contribution in [3.63, 3.8) is 0 Å². The predicted octanol–water partition coefficient (Wildman–Crippen LogP) is 2.50. The number of thiazole rings is 1. The smallest absolute Gasteiger partial charge is 0.355 e. The fourth-order valence-corrected chi connectivity index (χ4v) is 3.93. The molecule has 0 bridgehead atoms. The molecular formula is C20H22N4O6S. The van der Waals surface area contributed by atoms with Gasteiger partial charge in [0.25, 0.3) is 5.91 Å². The van der Waals surface area contributed by atoms with Crippen LogP contribution in [0.4, 0.5) is 9.93 Å². The second-order valence-electron chi connectivity index (χ2n) is 7.03. The first kappa shape index (κ1) is 22.2. The number of amides is 4. The first-order valence-electron chi connectivity index (χ1n) is 9.54. The van der Waals surface area contributed by atoms with Crippen LogP contribution in [0.3, 0.4) is 0 Å². The molecule has 1 fully saturated rings. The summed E-state index contributed by atoms with van der Waals surface area (Å²) in [7, 11) is 1.52. The molecule has 4 amide bonds. The molecule has 0 unspecified atom stereocenters. The number of methoxy groups -OCH3 is 1. The van der Waals surface area contributed by atoms with Crippen molar-refractivity contribution in [2.24, 2.45) is 5.92 Å². The maximum atomic E-state index is 13.1. The number of ether oxygens (including phenoxy) is 1. The largest absolute Gasteiger partial charge is 0.497 e. The minimum absolute atomic E-state index is 0.0782. The molecule has 0 aliphatic carbocycles. The Balaban J connectivity index is 1.84. The van der Waals surface area contributed by atoms with E-state index >= 15 is 0 Å². The number of nitrogens with zero attached hydrogens (tertiary/aromatic N) is 2. The highest BCUT2D eigenvalue weighted by Crippen LogP contribution is 2.29. The molecule has 31 heavy (non-hydrogen) atoms. The van der Waals surface area contributed by atoms with Crippen molar-refractivity contribution in [3.05, 3.63) is 40.9 Å². The van der Waals surface area contributed by atoms with Crippen molar-refractivity contribution in [1.82, 2.24) is 15.2 Å². The molecule has 0 spiro atoms. The summed E-state index contributed by atoms with van der Waals surface area (Å²) in [4.78, 5) is 54.6. The summed E-state index contributed by atoms with van der Waals surface area (Å²) in [6.07, 6.45) is 0.528. The van der Waals surface area contributed by atoms with E-state index < -0.39 is 35.9 Å². The molecule has 3 rings (SSSR count). The van der Waals surface area contributed by atoms with Crippen LogP contribution in [0, 0.1) is 5.92 Å². The van der Waals surface area contributed by atoms with E-state index in [1.54, 1.807) is 31.2 Å². The van der Waals surface area contributed by atoms with Gasteiger partial charge in [-0.1, -0.05) is 32.4 Å². The summed E-state index contributed by atoms with van der Waals surface area (Å²) < 4.78 is 5.11. The van der Waals surface area contributed by atoms with E-state index in [2.05, 4.69) is 15.6 Å². The summed E-state index contributed by atoms with van der Waals surface area (Å²) in [6.45, 7) is 3.60. The molecular weight excluding hydrogens is 424 g/mol. The third-order valence-electron chi connectivity index (χ3n) is 5.10. The Morgan fingerprint density at radius 2 is 2.00 bits per heavy atom. The van der Waals surface area contributed by atoms with Crippen molar-refractivity contribution in [3.8, 4) is 5.75 Å². The number of aromatic carboxylic acids is 1. The van der Waals surface area contributed by atoms with Crippen LogP contribution in [-0.4, -0.2) is 52.0 Å². The Labute approximate surface area is 182 Å². The summed E-state index contributed by atoms with van der Waals surface area (Å²) in [5.41, 5.74) is 0.367. The number of carboxylic acids is 1. The van der Waals surface area contributed by atoms with Crippen LogP contribution in [0.2, 0.25) is 0 Å². The molecule has 1 aliphatic heterocycles. The van der Waals surface area contributed by atoms with Crippen LogP contribution in [0.25, 0.3) is 0 Å². The van der Waals surface area contributed by atoms with Crippen LogP contribution < -0.4 is 15.4 Å². The summed E-state index contributed by atoms with van der Waals surface area (Å²) in [5, 5.41) is 15.5. The number of hydrogen-bond acceptors (Lipinski definition) is 7. The first-order chi connectivity index (χ1) is 14.8. The van der Waals surface area contributed by atoms with Gasteiger partial charge in [-0.15, -0.1) is 11.3 Å². The van der Waals surface area contributed by atoms with Gasteiger partial charge in [0.15, 0.2) is 10.8 Å². The molecule has 1 aromatic heterocycles. The molecule has 3 atom stereocenters. The normalized spacial score (nSPS) is 17.8. The number of anilines is 1. The van der Waals surface area contributed by atoms with Gasteiger partial charge in [0, 0.05) is 5.38 Å². The van der Waals surface area contributed by atoms with E-state index in [-0.39, 0.29) is 16.7 Å². The van der Waals surface area contributed by atoms with Gasteiger partial charge in [-0.05, 0) is 23.6 Å². The first-order valence-corrected chi connectivity index (χ1v) is 10.4. The Bertz CT molecular complexity index is 1010. The van der Waals surface area contributed by atoms with Crippen molar-refractivity contribution < 1.29 is 29.0 Å². The summed E-state index contributed by atoms with van der Waals surface area (Å²) >= 11 is 0.948. The van der Waals surface area contributed by atoms with Gasteiger partial charge in [-0.2, -0.15) is 0 Å². The van der Waals surface area contributed by atoms with E-state index in [9.17, 15) is 19.2 Å². The average molecular weight is 446 g/mol. The van der Waals surface area contributed by atoms with Crippen LogP contribution in [0.1, 0.15) is 42.4 Å². The fraction of sp³-hybridized carbons (Fsp3) is 0.350. The molecule has 2 heterocycles. The highest BCUT2D eigenvalue weighted by atomic mass is 32.1. The number of hydrogen-bond donors (Lipinski definition) is 3. The molecule has 1 aromatic carbocycles. The number of aromatic nitrogens is 1. The second kappa shape index (κ2) is 9.13. The van der Waals surface area contributed by atoms with Crippen LogP contribution >= 0.6 is 11.3 Å². The average Bonchev–Trinajstić information content (AvgIpc) is 3.33. The fourth-order valence-electron chi connectivity index (χ4n) is 3.24. The third-order valence-corrected chi connectivity index (χ3v) is 5.86. The topological polar surface area (TPSA) is 138 Å². The standard InChI is InChI=1S/C20H22N4O6S/c1-4-10(2)15(16(25)23-19-21-13(9-31-19)18(27)28)24-17(26)14(22-20(24)29)11-5-7-12(30-3)8-6-11/h5-10,14-15H,4H2,1-3H3,(H,22,29)(H,27,28)(H,21,23,25)/t10-,14-,15+/m1/s1. The number of nitrogens with one attached hydrogen (secondary N) is 2. The lowest BCUT2D eigenvalue weighted by atomic mass is 9.96. The van der Waals surface area contributed by atoms with Crippen molar-refractivity contribution >= 4 is 40.3 Å². The number of carbonyl (C=O) groups excluding carboxylic acids is 3. The quantitative estimate of drug-likeness (QED) is 0.530. The van der Waals surface area contributed by atoms with E-state index in [0.717, 1.165) is 16.2 Å². The van der Waals surface area contributed by atoms with E-state index in [1.165, 1.54) is 12.5 Å². The Hall–Kier alpha value is -3.47. The van der Waals surface area contributed by atoms with Crippen LogP contribution in [0.5, 0.6) is 5.75 Å². The summed E-state index contributed by atoms with van der Waals surface area (Å²) in [5.74, 6) is -2.10. The molecule has 10 nitrogen and oxygen atoms in total. The highest BCUT2D eigenvalue weighted by Gasteiger charge is 2.47. The highest BCUT2D eigenvalue weighted by molar-refractivity contribution is 7.14. The molecule has 0 saturated carbocycles. The SMILES string of the molecule is CC[C@@H](C)[C@@H](C(=O)Nc1nc(C(=O)O)cs1)N1C(=O)N[C@H](c2ccc(OC)cc2)C1=O. The predicted molar refractivity (Wildman–Crippen MR) is 112 cm³/mol. The molecule has 1 aliphatic rings. The van der Waals surface area contributed by atoms with Gasteiger partial charge in [-0.3, -0.25) is 9.59 Å². The van der Waals surface area contributed by atoms with Gasteiger partial charge in [0.2, 0.25) is 5.91 Å². The van der Waals surface area contributed by atoms with E-state index in [4.69, 9.17) is 9.84 Å². The van der Waals surface area contributed by atoms with Gasteiger partial charge < -0.3 is 20.5 Å². The van der Waals surface area contributed by atoms with E-state index in [1.807, 2.05) is 6.92 Å². The molecule has 1 saturated heterocycles. The van der Waals surface area contributed by atoms with Gasteiger partial charge in [0.05, 0.1) is 7.11 Å². The number of urea groups is 1. The minimum Gasteiger partial charge on any atom is -0.497 e. The zero-order valence-electron chi connectivity index (χ0n) is 17.1. The van der Waals surface area contributed by atoms with Crippen molar-refractivity contribution in [2.75, 3.05) is 12.4 Å². The van der Waals surface area contributed by atoms with Gasteiger partial charge >= 0.3 is 12.0 Å². The number of carbonyl (C=O) groups is 4. The number of benzene rings is 1. The summed E-state index contributed by atoms with van der Waals surface area (Å²) in [6, 6.07) is 4.03. The maximum absolute atomic E-state index is 13.1. The van der Waals surface area contributed by atoms with Crippen molar-refractivity contribution in [1.29, 1.82) is 0 Å². The maximum Gasteiger partial charge on any atom is 0.355 e. The van der Waals surface area contributed by atoms with E-state index in [0.29, 0.717) is 17.7 Å². The van der Waals surface area contributed by atoms with Gasteiger partial charge in [0.1, 0.15) is 17.8 Å². The molecule has 0 radical (unpaired) electrons. The molecule has 11 heteroatoms. The lowest BCUT2D eigenvalue weighted by molar-refractivity contribution is -0.135. The van der Waals surface area contributed by atoms with Gasteiger partial charge in [-0.25, -0.2) is 19.5 Å². The Morgan fingerprint density at radius 1 is 1.32 bits per heavy atom. The number of carboxylic acid groups (broad SMARTS) is 1. The molecule has 164 valence electrons. The lowest BCUT2D eigenvalue weighted by Gasteiger charge is -2.28. The molecule has 3 N–H and O–H groups in total. The van der Waals surface area contributed by atoms with Crippen LogP contribution in [-0.2, 0) is 9.59 Å². The molecule has 2 aromatic rings. The zero-order chi connectivity index (χ0) is 22.7. The van der Waals surface area contributed by atoms with Crippen LogP contribution in [0.15, 0.2) is 29.6 Å². The monoisotopic (exact) mass is 446 g/mol. The minimum atomic E-state index is -1.22. The number of imide groups is 1. The third kappa shape index (κ3) is 4.50.